The maximum absolute atomic E-state index is 9.58. The summed E-state index contributed by atoms with van der Waals surface area (Å²) in [5.74, 6) is 0.281. The van der Waals surface area contributed by atoms with Gasteiger partial charge >= 0.3 is 0 Å². The molecule has 1 fully saturated rings. The van der Waals surface area contributed by atoms with Gasteiger partial charge in [-0.2, -0.15) is 5.26 Å². The van der Waals surface area contributed by atoms with Crippen LogP contribution in [0.15, 0.2) is 18.2 Å². The normalized spacial score (nSPS) is 19.7. The van der Waals surface area contributed by atoms with Crippen LogP contribution in [0, 0.1) is 25.2 Å². The standard InChI is InChI=1S/C17H24N2/c1-13-7-8-14(2)16(11-13)15(3)17(12-18)19-9-5-4-6-10-19/h7-8,11,15,17H,4-6,9-10H2,1-3H3. The molecule has 1 aliphatic rings. The van der Waals surface area contributed by atoms with E-state index in [-0.39, 0.29) is 12.0 Å². The molecule has 1 saturated heterocycles. The highest BCUT2D eigenvalue weighted by Crippen LogP contribution is 2.28. The molecular weight excluding hydrogens is 232 g/mol. The van der Waals surface area contributed by atoms with Crippen molar-refractivity contribution in [3.8, 4) is 6.07 Å². The zero-order valence-corrected chi connectivity index (χ0v) is 12.3. The molecule has 0 amide bonds. The highest BCUT2D eigenvalue weighted by Gasteiger charge is 2.27. The van der Waals surface area contributed by atoms with Crippen LogP contribution in [0.3, 0.4) is 0 Å². The van der Waals surface area contributed by atoms with Crippen molar-refractivity contribution in [1.82, 2.24) is 4.90 Å². The van der Waals surface area contributed by atoms with Gasteiger partial charge in [0.1, 0.15) is 6.04 Å². The molecule has 19 heavy (non-hydrogen) atoms. The summed E-state index contributed by atoms with van der Waals surface area (Å²) in [5.41, 5.74) is 3.91. The number of likely N-dealkylation sites (tertiary alicyclic amines) is 1. The third-order valence-electron chi connectivity index (χ3n) is 4.32. The Morgan fingerprint density at radius 3 is 2.47 bits per heavy atom. The van der Waals surface area contributed by atoms with Gasteiger partial charge in [-0.05, 0) is 50.9 Å². The summed E-state index contributed by atoms with van der Waals surface area (Å²) in [6.07, 6.45) is 3.78. The minimum Gasteiger partial charge on any atom is -0.288 e. The number of rotatable bonds is 3. The number of piperidine rings is 1. The highest BCUT2D eigenvalue weighted by atomic mass is 15.2. The number of benzene rings is 1. The molecule has 1 aromatic carbocycles. The van der Waals surface area contributed by atoms with Crippen LogP contribution < -0.4 is 0 Å². The first-order valence-corrected chi connectivity index (χ1v) is 7.34. The Morgan fingerprint density at radius 2 is 1.84 bits per heavy atom. The Morgan fingerprint density at radius 1 is 1.16 bits per heavy atom. The Hall–Kier alpha value is -1.33. The molecule has 0 bridgehead atoms. The number of hydrogen-bond acceptors (Lipinski definition) is 2. The molecule has 0 radical (unpaired) electrons. The molecule has 0 spiro atoms. The van der Waals surface area contributed by atoms with E-state index >= 15 is 0 Å². The summed E-state index contributed by atoms with van der Waals surface area (Å²) in [5, 5.41) is 9.58. The quantitative estimate of drug-likeness (QED) is 0.823. The maximum atomic E-state index is 9.58. The van der Waals surface area contributed by atoms with Gasteiger partial charge in [-0.25, -0.2) is 0 Å². The second-order valence-corrected chi connectivity index (χ2v) is 5.82. The van der Waals surface area contributed by atoms with E-state index in [2.05, 4.69) is 49.9 Å². The molecule has 102 valence electrons. The molecule has 1 heterocycles. The third-order valence-corrected chi connectivity index (χ3v) is 4.32. The summed E-state index contributed by atoms with van der Waals surface area (Å²) >= 11 is 0. The van der Waals surface area contributed by atoms with Crippen molar-refractivity contribution in [2.75, 3.05) is 13.1 Å². The van der Waals surface area contributed by atoms with Gasteiger partial charge in [0, 0.05) is 5.92 Å². The van der Waals surface area contributed by atoms with Gasteiger partial charge in [0.05, 0.1) is 6.07 Å². The van der Waals surface area contributed by atoms with Gasteiger partial charge in [0.15, 0.2) is 0 Å². The predicted octanol–water partition coefficient (Wildman–Crippen LogP) is 3.79. The molecule has 1 aromatic rings. The zero-order chi connectivity index (χ0) is 13.8. The van der Waals surface area contributed by atoms with Crippen molar-refractivity contribution in [3.63, 3.8) is 0 Å². The number of aryl methyl sites for hydroxylation is 2. The van der Waals surface area contributed by atoms with Crippen LogP contribution in [0.2, 0.25) is 0 Å². The fourth-order valence-electron chi connectivity index (χ4n) is 3.13. The van der Waals surface area contributed by atoms with Crippen LogP contribution in [0.4, 0.5) is 0 Å². The molecule has 2 rings (SSSR count). The molecular formula is C17H24N2. The summed E-state index contributed by atoms with van der Waals surface area (Å²) in [6.45, 7) is 8.62. The first-order valence-electron chi connectivity index (χ1n) is 7.34. The van der Waals surface area contributed by atoms with E-state index in [4.69, 9.17) is 0 Å². The highest BCUT2D eigenvalue weighted by molar-refractivity contribution is 5.35. The Balaban J connectivity index is 2.22. The van der Waals surface area contributed by atoms with E-state index in [1.165, 1.54) is 36.0 Å². The SMILES string of the molecule is Cc1ccc(C)c(C(C)C(C#N)N2CCCCC2)c1. The average molecular weight is 256 g/mol. The fourth-order valence-corrected chi connectivity index (χ4v) is 3.13. The van der Waals surface area contributed by atoms with Crippen LogP contribution in [-0.2, 0) is 0 Å². The second-order valence-electron chi connectivity index (χ2n) is 5.82. The molecule has 2 atom stereocenters. The molecule has 0 saturated carbocycles. The van der Waals surface area contributed by atoms with E-state index in [1.807, 2.05) is 0 Å². The first-order chi connectivity index (χ1) is 9.13. The monoisotopic (exact) mass is 256 g/mol. The molecule has 0 N–H and O–H groups in total. The van der Waals surface area contributed by atoms with Crippen molar-refractivity contribution in [2.45, 2.75) is 52.0 Å². The first kappa shape index (κ1) is 14.1. The average Bonchev–Trinajstić information content (AvgIpc) is 2.43. The number of nitriles is 1. The Kier molecular flexibility index (Phi) is 4.61. The minimum atomic E-state index is 0.0146. The van der Waals surface area contributed by atoms with Gasteiger partial charge in [-0.1, -0.05) is 37.1 Å². The summed E-state index contributed by atoms with van der Waals surface area (Å²) in [6, 6.07) is 9.12. The second kappa shape index (κ2) is 6.21. The summed E-state index contributed by atoms with van der Waals surface area (Å²) in [4.78, 5) is 2.37. The molecule has 2 nitrogen and oxygen atoms in total. The third kappa shape index (κ3) is 3.16. The number of hydrogen-bond donors (Lipinski definition) is 0. The lowest BCUT2D eigenvalue weighted by molar-refractivity contribution is 0.178. The molecule has 0 aromatic heterocycles. The van der Waals surface area contributed by atoms with Crippen molar-refractivity contribution in [3.05, 3.63) is 34.9 Å². The Labute approximate surface area is 117 Å². The lowest BCUT2D eigenvalue weighted by Gasteiger charge is -2.34. The van der Waals surface area contributed by atoms with Crippen molar-refractivity contribution in [2.24, 2.45) is 0 Å². The molecule has 0 aliphatic carbocycles. The van der Waals surface area contributed by atoms with Crippen LogP contribution >= 0.6 is 0 Å². The molecule has 1 aliphatic heterocycles. The van der Waals surface area contributed by atoms with E-state index in [1.54, 1.807) is 0 Å². The van der Waals surface area contributed by atoms with Crippen molar-refractivity contribution >= 4 is 0 Å². The van der Waals surface area contributed by atoms with Crippen molar-refractivity contribution in [1.29, 1.82) is 5.26 Å². The lowest BCUT2D eigenvalue weighted by Crippen LogP contribution is -2.41. The van der Waals surface area contributed by atoms with Gasteiger partial charge < -0.3 is 0 Å². The predicted molar refractivity (Wildman–Crippen MR) is 79.2 cm³/mol. The van der Waals surface area contributed by atoms with E-state index in [0.29, 0.717) is 0 Å². The van der Waals surface area contributed by atoms with Gasteiger partial charge in [-0.15, -0.1) is 0 Å². The zero-order valence-electron chi connectivity index (χ0n) is 12.3. The summed E-state index contributed by atoms with van der Waals surface area (Å²) in [7, 11) is 0. The van der Waals surface area contributed by atoms with Crippen LogP contribution in [0.5, 0.6) is 0 Å². The Bertz CT molecular complexity index is 467. The maximum Gasteiger partial charge on any atom is 0.104 e. The van der Waals surface area contributed by atoms with Gasteiger partial charge in [0.25, 0.3) is 0 Å². The van der Waals surface area contributed by atoms with E-state index < -0.39 is 0 Å². The van der Waals surface area contributed by atoms with Gasteiger partial charge in [0.2, 0.25) is 0 Å². The van der Waals surface area contributed by atoms with E-state index in [9.17, 15) is 5.26 Å². The topological polar surface area (TPSA) is 27.0 Å². The smallest absolute Gasteiger partial charge is 0.104 e. The largest absolute Gasteiger partial charge is 0.288 e. The summed E-state index contributed by atoms with van der Waals surface area (Å²) < 4.78 is 0. The van der Waals surface area contributed by atoms with E-state index in [0.717, 1.165) is 13.1 Å². The van der Waals surface area contributed by atoms with Crippen LogP contribution in [0.1, 0.15) is 48.8 Å². The minimum absolute atomic E-state index is 0.0146. The molecule has 2 unspecified atom stereocenters. The van der Waals surface area contributed by atoms with Gasteiger partial charge in [-0.3, -0.25) is 4.90 Å². The lowest BCUT2D eigenvalue weighted by atomic mass is 9.88. The van der Waals surface area contributed by atoms with Crippen LogP contribution in [-0.4, -0.2) is 24.0 Å². The number of nitrogens with zero attached hydrogens (tertiary/aromatic N) is 2. The van der Waals surface area contributed by atoms with Crippen molar-refractivity contribution < 1.29 is 0 Å². The molecule has 2 heteroatoms. The fraction of sp³-hybridized carbons (Fsp3) is 0.588. The van der Waals surface area contributed by atoms with Crippen LogP contribution in [0.25, 0.3) is 0 Å².